The van der Waals surface area contributed by atoms with E-state index in [1.165, 1.54) is 212 Å². The molecule has 4 heteroatoms. The van der Waals surface area contributed by atoms with Crippen LogP contribution in [0.1, 0.15) is 309 Å². The van der Waals surface area contributed by atoms with Gasteiger partial charge in [0.05, 0.1) is 18.8 Å². The van der Waals surface area contributed by atoms with E-state index >= 15 is 0 Å². The van der Waals surface area contributed by atoms with Crippen LogP contribution in [-0.2, 0) is 4.79 Å². The smallest absolute Gasteiger partial charge is 0.220 e. The van der Waals surface area contributed by atoms with Gasteiger partial charge in [0.15, 0.2) is 0 Å². The van der Waals surface area contributed by atoms with Gasteiger partial charge < -0.3 is 15.5 Å². The van der Waals surface area contributed by atoms with Gasteiger partial charge in [-0.3, -0.25) is 4.79 Å². The molecule has 70 heavy (non-hydrogen) atoms. The molecule has 0 saturated carbocycles. The molecule has 0 rings (SSSR count). The van der Waals surface area contributed by atoms with Crippen LogP contribution in [-0.4, -0.2) is 34.9 Å². The number of hydrogen-bond donors (Lipinski definition) is 3. The summed E-state index contributed by atoms with van der Waals surface area (Å²) in [5.74, 6) is -0.0784. The normalized spacial score (nSPS) is 13.4. The minimum absolute atomic E-state index is 0.0784. The minimum atomic E-state index is -0.853. The summed E-state index contributed by atoms with van der Waals surface area (Å²) in [5.41, 5.74) is 0. The molecule has 0 spiro atoms. The van der Waals surface area contributed by atoms with E-state index in [0.717, 1.165) is 77.0 Å². The molecule has 2 atom stereocenters. The first-order chi connectivity index (χ1) is 34.7. The predicted octanol–water partition coefficient (Wildman–Crippen LogP) is 20.7. The van der Waals surface area contributed by atoms with Crippen LogP contribution in [0.25, 0.3) is 0 Å². The molecule has 0 saturated heterocycles. The fraction of sp³-hybridized carbons (Fsp3) is 0.773. The Bertz CT molecular complexity index is 1240. The average Bonchev–Trinajstić information content (AvgIpc) is 3.36. The number of carbonyl (C=O) groups excluding carboxylic acids is 1. The highest BCUT2D eigenvalue weighted by molar-refractivity contribution is 5.76. The van der Waals surface area contributed by atoms with E-state index in [4.69, 9.17) is 0 Å². The SMILES string of the molecule is CC/C=C\C/C=C\C/C=C\C/C=C\C/C=C\C/C=C\CCCCCCCCC(=O)NC(CO)C(O)/C=C/CCCCCCCCCCCCCCCCCCCCCCCCCCCCCCCCC. The van der Waals surface area contributed by atoms with E-state index in [1.54, 1.807) is 6.08 Å². The van der Waals surface area contributed by atoms with Crippen LogP contribution in [0.2, 0.25) is 0 Å². The van der Waals surface area contributed by atoms with Crippen molar-refractivity contribution in [2.45, 2.75) is 321 Å². The molecule has 0 aromatic heterocycles. The van der Waals surface area contributed by atoms with Crippen LogP contribution in [0.15, 0.2) is 85.1 Å². The van der Waals surface area contributed by atoms with Gasteiger partial charge in [0.2, 0.25) is 5.91 Å². The highest BCUT2D eigenvalue weighted by atomic mass is 16.3. The van der Waals surface area contributed by atoms with Crippen LogP contribution in [0.3, 0.4) is 0 Å². The van der Waals surface area contributed by atoms with E-state index in [9.17, 15) is 15.0 Å². The lowest BCUT2D eigenvalue weighted by molar-refractivity contribution is -0.123. The van der Waals surface area contributed by atoms with Crippen molar-refractivity contribution in [3.05, 3.63) is 85.1 Å². The van der Waals surface area contributed by atoms with Crippen LogP contribution >= 0.6 is 0 Å². The zero-order valence-electron chi connectivity index (χ0n) is 46.8. The van der Waals surface area contributed by atoms with Crippen molar-refractivity contribution < 1.29 is 15.0 Å². The Morgan fingerprint density at radius 1 is 0.357 bits per heavy atom. The molecule has 406 valence electrons. The third-order valence-corrected chi connectivity index (χ3v) is 13.9. The maximum atomic E-state index is 12.5. The molecule has 0 aliphatic heterocycles. The molecule has 0 fully saturated rings. The Morgan fingerprint density at radius 3 is 0.943 bits per heavy atom. The lowest BCUT2D eigenvalue weighted by atomic mass is 10.0. The van der Waals surface area contributed by atoms with Gasteiger partial charge in [0.1, 0.15) is 0 Å². The van der Waals surface area contributed by atoms with Gasteiger partial charge in [0, 0.05) is 6.42 Å². The van der Waals surface area contributed by atoms with E-state index in [-0.39, 0.29) is 12.5 Å². The molecule has 3 N–H and O–H groups in total. The summed E-state index contributed by atoms with van der Waals surface area (Å²) in [6.07, 6.45) is 89.1. The maximum absolute atomic E-state index is 12.5. The first kappa shape index (κ1) is 67.6. The molecular formula is C66H119NO3. The van der Waals surface area contributed by atoms with Crippen molar-refractivity contribution in [2.24, 2.45) is 0 Å². The maximum Gasteiger partial charge on any atom is 0.220 e. The number of unbranched alkanes of at least 4 members (excludes halogenated alkanes) is 37. The fourth-order valence-corrected chi connectivity index (χ4v) is 9.24. The number of amides is 1. The largest absolute Gasteiger partial charge is 0.394 e. The van der Waals surface area contributed by atoms with Gasteiger partial charge in [-0.05, 0) is 70.6 Å². The summed E-state index contributed by atoms with van der Waals surface area (Å²) < 4.78 is 0. The molecule has 1 amide bonds. The van der Waals surface area contributed by atoms with Gasteiger partial charge in [-0.1, -0.05) is 317 Å². The summed E-state index contributed by atoms with van der Waals surface area (Å²) in [5, 5.41) is 23.2. The van der Waals surface area contributed by atoms with Crippen LogP contribution in [0.5, 0.6) is 0 Å². The van der Waals surface area contributed by atoms with Crippen molar-refractivity contribution in [1.82, 2.24) is 5.32 Å². The highest BCUT2D eigenvalue weighted by Gasteiger charge is 2.18. The molecule has 0 bridgehead atoms. The first-order valence-corrected chi connectivity index (χ1v) is 30.8. The third-order valence-electron chi connectivity index (χ3n) is 13.9. The number of nitrogens with one attached hydrogen (secondary N) is 1. The van der Waals surface area contributed by atoms with Crippen LogP contribution in [0, 0.1) is 0 Å². The summed E-state index contributed by atoms with van der Waals surface area (Å²) in [6, 6.07) is -0.638. The van der Waals surface area contributed by atoms with E-state index < -0.39 is 12.1 Å². The molecule has 2 unspecified atom stereocenters. The molecule has 4 nitrogen and oxygen atoms in total. The summed E-state index contributed by atoms with van der Waals surface area (Å²) >= 11 is 0. The Balaban J connectivity index is 3.51. The molecule has 0 aromatic rings. The summed E-state index contributed by atoms with van der Waals surface area (Å²) in [7, 11) is 0. The molecule has 0 radical (unpaired) electrons. The molecule has 0 aliphatic carbocycles. The summed E-state index contributed by atoms with van der Waals surface area (Å²) in [6.45, 7) is 4.21. The number of rotatable bonds is 56. The topological polar surface area (TPSA) is 69.6 Å². The van der Waals surface area contributed by atoms with Crippen molar-refractivity contribution in [3.8, 4) is 0 Å². The third kappa shape index (κ3) is 56.5. The van der Waals surface area contributed by atoms with Crippen molar-refractivity contribution >= 4 is 5.91 Å². The molecular weight excluding hydrogens is 855 g/mol. The number of aliphatic hydroxyl groups is 2. The van der Waals surface area contributed by atoms with E-state index in [2.05, 4.69) is 92.1 Å². The second kappa shape index (κ2) is 60.9. The van der Waals surface area contributed by atoms with Gasteiger partial charge in [0.25, 0.3) is 0 Å². The Hall–Kier alpha value is -2.43. The lowest BCUT2D eigenvalue weighted by Crippen LogP contribution is -2.45. The number of allylic oxidation sites excluding steroid dienone is 13. The lowest BCUT2D eigenvalue weighted by Gasteiger charge is -2.20. The highest BCUT2D eigenvalue weighted by Crippen LogP contribution is 2.17. The zero-order chi connectivity index (χ0) is 50.6. The molecule has 0 aliphatic rings. The monoisotopic (exact) mass is 974 g/mol. The van der Waals surface area contributed by atoms with Crippen molar-refractivity contribution in [1.29, 1.82) is 0 Å². The van der Waals surface area contributed by atoms with Crippen LogP contribution in [0.4, 0.5) is 0 Å². The number of aliphatic hydroxyl groups excluding tert-OH is 2. The average molecular weight is 975 g/mol. The van der Waals surface area contributed by atoms with Gasteiger partial charge >= 0.3 is 0 Å². The van der Waals surface area contributed by atoms with Gasteiger partial charge in [-0.15, -0.1) is 0 Å². The van der Waals surface area contributed by atoms with Gasteiger partial charge in [-0.25, -0.2) is 0 Å². The van der Waals surface area contributed by atoms with Crippen molar-refractivity contribution in [3.63, 3.8) is 0 Å². The van der Waals surface area contributed by atoms with Crippen molar-refractivity contribution in [2.75, 3.05) is 6.61 Å². The van der Waals surface area contributed by atoms with Gasteiger partial charge in [-0.2, -0.15) is 0 Å². The fourth-order valence-electron chi connectivity index (χ4n) is 9.24. The van der Waals surface area contributed by atoms with E-state index in [0.29, 0.717) is 6.42 Å². The minimum Gasteiger partial charge on any atom is -0.394 e. The van der Waals surface area contributed by atoms with Crippen LogP contribution < -0.4 is 5.32 Å². The summed E-state index contributed by atoms with van der Waals surface area (Å²) in [4.78, 5) is 12.5. The Labute approximate surface area is 437 Å². The second-order valence-corrected chi connectivity index (χ2v) is 20.7. The zero-order valence-corrected chi connectivity index (χ0v) is 46.8. The number of carbonyl (C=O) groups is 1. The quantitative estimate of drug-likeness (QED) is 0.0420. The second-order valence-electron chi connectivity index (χ2n) is 20.7. The standard InChI is InChI=1S/C66H119NO3/c1-3-5-7-9-11-13-15-17-19-21-23-25-27-29-30-31-32-33-34-35-36-38-39-41-43-45-47-49-51-53-55-57-59-61-65(69)64(63-68)67-66(70)62-60-58-56-54-52-50-48-46-44-42-40-37-28-26-24-22-20-18-16-14-12-10-8-6-4-2/h6,8,12,14,18,20,24,26,37,40,44,46,59,61,64-65,68-69H,3-5,7,9-11,13,15-17,19,21-23,25,27-36,38-39,41-43,45,47-58,60,62-63H2,1-2H3,(H,67,70)/b8-6-,14-12-,20-18-,26-24-,40-37-,46-44-,61-59+. The molecule has 0 heterocycles. The predicted molar refractivity (Wildman–Crippen MR) is 313 cm³/mol. The Morgan fingerprint density at radius 2 is 0.629 bits per heavy atom. The molecule has 0 aromatic carbocycles. The first-order valence-electron chi connectivity index (χ1n) is 30.8. The Kier molecular flexibility index (Phi) is 58.8. The number of hydrogen-bond acceptors (Lipinski definition) is 3. The van der Waals surface area contributed by atoms with E-state index in [1.807, 2.05) is 6.08 Å².